The molecule has 17 heavy (non-hydrogen) atoms. The molecule has 0 saturated heterocycles. The number of carbonyl (C=O) groups excluding carboxylic acids is 2. The first-order valence-corrected chi connectivity index (χ1v) is 5.81. The van der Waals surface area contributed by atoms with E-state index in [4.69, 9.17) is 5.73 Å². The number of hydrogen-bond acceptors (Lipinski definition) is 5. The minimum Gasteiger partial charge on any atom is -0.464 e. The third-order valence-corrected chi connectivity index (χ3v) is 2.87. The van der Waals surface area contributed by atoms with E-state index in [0.717, 1.165) is 0 Å². The third-order valence-electron chi connectivity index (χ3n) is 2.87. The first-order chi connectivity index (χ1) is 7.96. The Morgan fingerprint density at radius 1 is 1.35 bits per heavy atom. The van der Waals surface area contributed by atoms with Crippen LogP contribution in [0.5, 0.6) is 0 Å². The number of aliphatic hydroxyl groups excluding tert-OH is 1. The second-order valence-corrected chi connectivity index (χ2v) is 3.86. The highest BCUT2D eigenvalue weighted by molar-refractivity contribution is 6.01. The van der Waals surface area contributed by atoms with E-state index in [2.05, 4.69) is 10.1 Å². The van der Waals surface area contributed by atoms with E-state index in [-0.39, 0.29) is 13.2 Å². The summed E-state index contributed by atoms with van der Waals surface area (Å²) >= 11 is 0. The van der Waals surface area contributed by atoms with E-state index < -0.39 is 23.5 Å². The molecule has 1 unspecified atom stereocenters. The van der Waals surface area contributed by atoms with E-state index >= 15 is 0 Å². The zero-order chi connectivity index (χ0) is 13.5. The molecule has 0 bridgehead atoms. The lowest BCUT2D eigenvalue weighted by Gasteiger charge is -2.31. The van der Waals surface area contributed by atoms with Crippen LogP contribution in [0.1, 0.15) is 33.6 Å². The molecule has 0 heterocycles. The van der Waals surface area contributed by atoms with Crippen molar-refractivity contribution in [2.24, 2.45) is 5.73 Å². The topological polar surface area (TPSA) is 102 Å². The van der Waals surface area contributed by atoms with Crippen LogP contribution in [-0.2, 0) is 14.3 Å². The molecule has 0 aromatic heterocycles. The van der Waals surface area contributed by atoms with Crippen molar-refractivity contribution in [2.45, 2.75) is 45.2 Å². The standard InChI is InChI=1S/C11H22N2O4/c1-4-11(5-2,7-14)13-9(15)8(12)10(16)17-6-3/h8,14H,4-7,12H2,1-3H3,(H,13,15). The molecular weight excluding hydrogens is 224 g/mol. The Morgan fingerprint density at radius 3 is 2.24 bits per heavy atom. The van der Waals surface area contributed by atoms with Crippen molar-refractivity contribution in [2.75, 3.05) is 13.2 Å². The lowest BCUT2D eigenvalue weighted by molar-refractivity contribution is -0.148. The molecule has 6 nitrogen and oxygen atoms in total. The quantitative estimate of drug-likeness (QED) is 0.417. The van der Waals surface area contributed by atoms with Gasteiger partial charge in [-0.15, -0.1) is 0 Å². The van der Waals surface area contributed by atoms with Gasteiger partial charge in [0.15, 0.2) is 6.04 Å². The van der Waals surface area contributed by atoms with Crippen molar-refractivity contribution in [1.29, 1.82) is 0 Å². The molecule has 0 aliphatic heterocycles. The molecule has 1 amide bonds. The van der Waals surface area contributed by atoms with E-state index in [1.807, 2.05) is 13.8 Å². The van der Waals surface area contributed by atoms with Gasteiger partial charge in [0.2, 0.25) is 5.91 Å². The van der Waals surface area contributed by atoms with Gasteiger partial charge in [-0.05, 0) is 19.8 Å². The van der Waals surface area contributed by atoms with Gasteiger partial charge in [0.05, 0.1) is 18.8 Å². The second-order valence-electron chi connectivity index (χ2n) is 3.86. The largest absolute Gasteiger partial charge is 0.464 e. The zero-order valence-electron chi connectivity index (χ0n) is 10.7. The van der Waals surface area contributed by atoms with Crippen LogP contribution < -0.4 is 11.1 Å². The van der Waals surface area contributed by atoms with Crippen LogP contribution >= 0.6 is 0 Å². The monoisotopic (exact) mass is 246 g/mol. The van der Waals surface area contributed by atoms with Crippen molar-refractivity contribution >= 4 is 11.9 Å². The molecular formula is C11H22N2O4. The van der Waals surface area contributed by atoms with Crippen LogP contribution in [0, 0.1) is 0 Å². The molecule has 0 aromatic rings. The average molecular weight is 246 g/mol. The number of nitrogens with one attached hydrogen (secondary N) is 1. The average Bonchev–Trinajstić information content (AvgIpc) is 2.35. The van der Waals surface area contributed by atoms with E-state index in [1.165, 1.54) is 0 Å². The molecule has 100 valence electrons. The van der Waals surface area contributed by atoms with Gasteiger partial charge in [-0.25, -0.2) is 4.79 Å². The fraction of sp³-hybridized carbons (Fsp3) is 0.818. The number of amides is 1. The number of nitrogens with two attached hydrogens (primary N) is 1. The van der Waals surface area contributed by atoms with Gasteiger partial charge in [-0.2, -0.15) is 0 Å². The lowest BCUT2D eigenvalue weighted by atomic mass is 9.93. The van der Waals surface area contributed by atoms with E-state index in [1.54, 1.807) is 6.92 Å². The Balaban J connectivity index is 4.56. The maximum atomic E-state index is 11.7. The summed E-state index contributed by atoms with van der Waals surface area (Å²) in [5.74, 6) is -1.38. The van der Waals surface area contributed by atoms with Gasteiger partial charge >= 0.3 is 5.97 Å². The van der Waals surface area contributed by atoms with Crippen molar-refractivity contribution < 1.29 is 19.4 Å². The van der Waals surface area contributed by atoms with Crippen LogP contribution in [0.4, 0.5) is 0 Å². The molecule has 0 radical (unpaired) electrons. The van der Waals surface area contributed by atoms with Crippen LogP contribution in [0.15, 0.2) is 0 Å². The van der Waals surface area contributed by atoms with Crippen LogP contribution in [0.2, 0.25) is 0 Å². The molecule has 6 heteroatoms. The number of rotatable bonds is 7. The normalized spacial score (nSPS) is 13.0. The van der Waals surface area contributed by atoms with Gasteiger partial charge < -0.3 is 20.9 Å². The van der Waals surface area contributed by atoms with E-state index in [9.17, 15) is 14.7 Å². The first kappa shape index (κ1) is 15.9. The predicted octanol–water partition coefficient (Wildman–Crippen LogP) is -0.456. The first-order valence-electron chi connectivity index (χ1n) is 5.81. The minimum atomic E-state index is -1.35. The van der Waals surface area contributed by atoms with Crippen molar-refractivity contribution in [3.8, 4) is 0 Å². The summed E-state index contributed by atoms with van der Waals surface area (Å²) in [5.41, 5.74) is 4.73. The number of aliphatic hydroxyl groups is 1. The summed E-state index contributed by atoms with van der Waals surface area (Å²) in [7, 11) is 0. The number of hydrogen-bond donors (Lipinski definition) is 3. The fourth-order valence-corrected chi connectivity index (χ4v) is 1.37. The maximum absolute atomic E-state index is 11.7. The molecule has 0 aliphatic rings. The molecule has 4 N–H and O–H groups in total. The Hall–Kier alpha value is -1.14. The summed E-state index contributed by atoms with van der Waals surface area (Å²) in [5, 5.41) is 11.9. The highest BCUT2D eigenvalue weighted by atomic mass is 16.5. The van der Waals surface area contributed by atoms with Crippen molar-refractivity contribution in [3.63, 3.8) is 0 Å². The van der Waals surface area contributed by atoms with Gasteiger partial charge in [0, 0.05) is 0 Å². The van der Waals surface area contributed by atoms with Crippen molar-refractivity contribution in [3.05, 3.63) is 0 Å². The molecule has 0 spiro atoms. The molecule has 0 aromatic carbocycles. The van der Waals surface area contributed by atoms with Crippen LogP contribution in [-0.4, -0.2) is 41.8 Å². The highest BCUT2D eigenvalue weighted by Crippen LogP contribution is 2.14. The molecule has 0 saturated carbocycles. The molecule has 1 atom stereocenters. The minimum absolute atomic E-state index is 0.173. The summed E-state index contributed by atoms with van der Waals surface area (Å²) in [4.78, 5) is 23.0. The number of ether oxygens (including phenoxy) is 1. The maximum Gasteiger partial charge on any atom is 0.332 e. The lowest BCUT2D eigenvalue weighted by Crippen LogP contribution is -2.57. The summed E-state index contributed by atoms with van der Waals surface area (Å²) in [6.07, 6.45) is 1.11. The van der Waals surface area contributed by atoms with Crippen LogP contribution in [0.25, 0.3) is 0 Å². The van der Waals surface area contributed by atoms with Gasteiger partial charge in [-0.3, -0.25) is 4.79 Å². The smallest absolute Gasteiger partial charge is 0.332 e. The fourth-order valence-electron chi connectivity index (χ4n) is 1.37. The molecule has 0 rings (SSSR count). The summed E-state index contributed by atoms with van der Waals surface area (Å²) < 4.78 is 4.65. The third kappa shape index (κ3) is 4.32. The number of carbonyl (C=O) groups is 2. The molecule has 0 fully saturated rings. The highest BCUT2D eigenvalue weighted by Gasteiger charge is 2.32. The summed E-state index contributed by atoms with van der Waals surface area (Å²) in [6, 6.07) is -1.35. The Labute approximate surface area is 102 Å². The van der Waals surface area contributed by atoms with Crippen molar-refractivity contribution in [1.82, 2.24) is 5.32 Å². The number of esters is 1. The summed E-state index contributed by atoms with van der Waals surface area (Å²) in [6.45, 7) is 5.30. The Kier molecular flexibility index (Phi) is 6.75. The van der Waals surface area contributed by atoms with E-state index in [0.29, 0.717) is 12.8 Å². The van der Waals surface area contributed by atoms with Gasteiger partial charge in [0.25, 0.3) is 0 Å². The Morgan fingerprint density at radius 2 is 1.88 bits per heavy atom. The zero-order valence-corrected chi connectivity index (χ0v) is 10.7. The van der Waals surface area contributed by atoms with Gasteiger partial charge in [-0.1, -0.05) is 13.8 Å². The van der Waals surface area contributed by atoms with Crippen LogP contribution in [0.3, 0.4) is 0 Å². The van der Waals surface area contributed by atoms with Gasteiger partial charge in [0.1, 0.15) is 0 Å². The SMILES string of the molecule is CCOC(=O)C(N)C(=O)NC(CC)(CC)CO. The Bertz CT molecular complexity index is 256. The molecule has 0 aliphatic carbocycles. The second kappa shape index (κ2) is 7.24. The predicted molar refractivity (Wildman–Crippen MR) is 63.1 cm³/mol.